The van der Waals surface area contributed by atoms with Crippen LogP contribution in [0.2, 0.25) is 0 Å². The van der Waals surface area contributed by atoms with Crippen LogP contribution in [0.1, 0.15) is 41.6 Å². The molecular formula is C28H30N4O4S. The van der Waals surface area contributed by atoms with E-state index in [0.717, 1.165) is 27.9 Å². The highest BCUT2D eigenvalue weighted by molar-refractivity contribution is 7.20. The van der Waals surface area contributed by atoms with Gasteiger partial charge in [0.25, 0.3) is 11.5 Å². The van der Waals surface area contributed by atoms with Crippen LogP contribution in [0.15, 0.2) is 64.2 Å². The number of benzene rings is 2. The largest absolute Gasteiger partial charge is 0.338 e. The molecule has 4 aromatic rings. The Bertz CT molecular complexity index is 1580. The molecule has 2 aromatic carbocycles. The average Bonchev–Trinajstić information content (AvgIpc) is 3.25. The molecule has 0 bridgehead atoms. The second kappa shape index (κ2) is 11.0. The number of carbonyl (C=O) groups is 2. The number of rotatable bonds is 8. The lowest BCUT2D eigenvalue weighted by Crippen LogP contribution is -2.40. The summed E-state index contributed by atoms with van der Waals surface area (Å²) in [7, 11) is 0. The standard InChI is InChI=1S/C28H30N4O4S/c1-5-19-13-11-12-16-21(19)29-22(33)17-31-27-23(18(4)24(37-27)26(35)30(6-2)7-3)25(34)32(28(31)36)20-14-9-8-10-15-20/h8-16H,5-7,17H2,1-4H3,(H,29,33). The Morgan fingerprint density at radius 1 is 0.946 bits per heavy atom. The molecule has 0 saturated carbocycles. The van der Waals surface area contributed by atoms with Crippen molar-refractivity contribution in [3.05, 3.63) is 91.4 Å². The Morgan fingerprint density at radius 2 is 1.59 bits per heavy atom. The zero-order chi connectivity index (χ0) is 26.7. The first-order chi connectivity index (χ1) is 17.8. The summed E-state index contributed by atoms with van der Waals surface area (Å²) in [6.07, 6.45) is 0.737. The summed E-state index contributed by atoms with van der Waals surface area (Å²) < 4.78 is 2.37. The summed E-state index contributed by atoms with van der Waals surface area (Å²) in [5.41, 5.74) is 1.42. The molecule has 0 unspecified atom stereocenters. The van der Waals surface area contributed by atoms with Crippen LogP contribution in [-0.2, 0) is 17.8 Å². The first kappa shape index (κ1) is 26.1. The van der Waals surface area contributed by atoms with Crippen molar-refractivity contribution in [2.24, 2.45) is 0 Å². The lowest BCUT2D eigenvalue weighted by atomic mass is 10.1. The van der Waals surface area contributed by atoms with Crippen molar-refractivity contribution in [1.29, 1.82) is 0 Å². The quantitative estimate of drug-likeness (QED) is 0.378. The number of nitrogens with one attached hydrogen (secondary N) is 1. The van der Waals surface area contributed by atoms with E-state index in [4.69, 9.17) is 0 Å². The van der Waals surface area contributed by atoms with Crippen molar-refractivity contribution in [3.63, 3.8) is 0 Å². The number of nitrogens with zero attached hydrogens (tertiary/aromatic N) is 3. The van der Waals surface area contributed by atoms with E-state index in [0.29, 0.717) is 39.7 Å². The van der Waals surface area contributed by atoms with E-state index in [2.05, 4.69) is 5.32 Å². The predicted octanol–water partition coefficient (Wildman–Crippen LogP) is 4.21. The van der Waals surface area contributed by atoms with Gasteiger partial charge in [0, 0.05) is 18.8 Å². The molecule has 192 valence electrons. The van der Waals surface area contributed by atoms with E-state index >= 15 is 0 Å². The van der Waals surface area contributed by atoms with Gasteiger partial charge in [0.05, 0.1) is 16.0 Å². The van der Waals surface area contributed by atoms with Crippen LogP contribution in [0, 0.1) is 6.92 Å². The zero-order valence-corrected chi connectivity index (χ0v) is 22.2. The van der Waals surface area contributed by atoms with Crippen LogP contribution in [0.25, 0.3) is 15.9 Å². The molecule has 0 spiro atoms. The van der Waals surface area contributed by atoms with Crippen LogP contribution in [-0.4, -0.2) is 38.9 Å². The maximum absolute atomic E-state index is 13.7. The third-order valence-electron chi connectivity index (χ3n) is 6.45. The van der Waals surface area contributed by atoms with Gasteiger partial charge in [-0.05, 0) is 56.5 Å². The Morgan fingerprint density at radius 3 is 2.24 bits per heavy atom. The fourth-order valence-corrected chi connectivity index (χ4v) is 5.69. The molecule has 0 fully saturated rings. The van der Waals surface area contributed by atoms with Crippen molar-refractivity contribution in [2.45, 2.75) is 40.7 Å². The van der Waals surface area contributed by atoms with E-state index in [1.807, 2.05) is 45.0 Å². The lowest BCUT2D eigenvalue weighted by Gasteiger charge is -2.17. The van der Waals surface area contributed by atoms with E-state index in [-0.39, 0.29) is 17.8 Å². The predicted molar refractivity (Wildman–Crippen MR) is 148 cm³/mol. The summed E-state index contributed by atoms with van der Waals surface area (Å²) in [4.78, 5) is 56.2. The fourth-order valence-electron chi connectivity index (χ4n) is 4.43. The van der Waals surface area contributed by atoms with Gasteiger partial charge in [-0.1, -0.05) is 43.3 Å². The normalized spacial score (nSPS) is 11.0. The van der Waals surface area contributed by atoms with Crippen LogP contribution in [0.5, 0.6) is 0 Å². The zero-order valence-electron chi connectivity index (χ0n) is 21.4. The number of anilines is 1. The monoisotopic (exact) mass is 518 g/mol. The van der Waals surface area contributed by atoms with Crippen molar-refractivity contribution in [2.75, 3.05) is 18.4 Å². The summed E-state index contributed by atoms with van der Waals surface area (Å²) in [5.74, 6) is -0.597. The van der Waals surface area contributed by atoms with Gasteiger partial charge in [-0.15, -0.1) is 11.3 Å². The molecule has 4 rings (SSSR count). The third-order valence-corrected chi connectivity index (χ3v) is 7.75. The lowest BCUT2D eigenvalue weighted by molar-refractivity contribution is -0.116. The van der Waals surface area contributed by atoms with Crippen LogP contribution in [0.3, 0.4) is 0 Å². The number of hydrogen-bond acceptors (Lipinski definition) is 5. The Hall–Kier alpha value is -3.98. The number of carbonyl (C=O) groups excluding carboxylic acids is 2. The molecule has 0 saturated heterocycles. The number of hydrogen-bond donors (Lipinski definition) is 1. The smallest absolute Gasteiger partial charge is 0.337 e. The summed E-state index contributed by atoms with van der Waals surface area (Å²) in [6.45, 7) is 8.23. The highest BCUT2D eigenvalue weighted by Gasteiger charge is 2.26. The topological polar surface area (TPSA) is 93.4 Å². The Labute approximate surface area is 218 Å². The minimum Gasteiger partial charge on any atom is -0.338 e. The second-order valence-corrected chi connectivity index (χ2v) is 9.62. The highest BCUT2D eigenvalue weighted by Crippen LogP contribution is 2.29. The number of aryl methyl sites for hydroxylation is 2. The first-order valence-corrected chi connectivity index (χ1v) is 13.1. The van der Waals surface area contributed by atoms with Crippen molar-refractivity contribution in [3.8, 4) is 5.69 Å². The minimum absolute atomic E-state index is 0.199. The number of fused-ring (bicyclic) bond motifs is 1. The van der Waals surface area contributed by atoms with Gasteiger partial charge >= 0.3 is 5.69 Å². The molecule has 0 aliphatic rings. The molecule has 9 heteroatoms. The van der Waals surface area contributed by atoms with Gasteiger partial charge in [0.15, 0.2) is 0 Å². The highest BCUT2D eigenvalue weighted by atomic mass is 32.1. The molecule has 2 aromatic heterocycles. The number of para-hydroxylation sites is 2. The molecule has 0 aliphatic heterocycles. The van der Waals surface area contributed by atoms with Crippen LogP contribution in [0.4, 0.5) is 5.69 Å². The average molecular weight is 519 g/mol. The molecule has 2 amide bonds. The van der Waals surface area contributed by atoms with E-state index < -0.39 is 17.2 Å². The molecule has 0 atom stereocenters. The van der Waals surface area contributed by atoms with Gasteiger partial charge in [0.2, 0.25) is 5.91 Å². The Kier molecular flexibility index (Phi) is 7.73. The van der Waals surface area contributed by atoms with Crippen molar-refractivity contribution < 1.29 is 9.59 Å². The minimum atomic E-state index is -0.634. The SMILES string of the molecule is CCc1ccccc1NC(=O)Cn1c(=O)n(-c2ccccc2)c(=O)c2c(C)c(C(=O)N(CC)CC)sc21. The summed E-state index contributed by atoms with van der Waals surface area (Å²) >= 11 is 1.08. The number of aromatic nitrogens is 2. The van der Waals surface area contributed by atoms with E-state index in [1.165, 1.54) is 4.57 Å². The third kappa shape index (κ3) is 4.86. The summed E-state index contributed by atoms with van der Waals surface area (Å²) in [6, 6.07) is 16.1. The van der Waals surface area contributed by atoms with E-state index in [1.54, 1.807) is 42.2 Å². The van der Waals surface area contributed by atoms with Crippen LogP contribution >= 0.6 is 11.3 Å². The summed E-state index contributed by atoms with van der Waals surface area (Å²) in [5, 5.41) is 3.17. The van der Waals surface area contributed by atoms with Crippen molar-refractivity contribution >= 4 is 39.1 Å². The van der Waals surface area contributed by atoms with Gasteiger partial charge in [-0.25, -0.2) is 9.36 Å². The molecule has 0 aliphatic carbocycles. The van der Waals surface area contributed by atoms with Crippen molar-refractivity contribution in [1.82, 2.24) is 14.0 Å². The maximum Gasteiger partial charge on any atom is 0.337 e. The maximum atomic E-state index is 13.7. The Balaban J connectivity index is 1.91. The van der Waals surface area contributed by atoms with Gasteiger partial charge in [-0.2, -0.15) is 0 Å². The number of amides is 2. The van der Waals surface area contributed by atoms with Gasteiger partial charge in [-0.3, -0.25) is 19.0 Å². The molecule has 0 radical (unpaired) electrons. The van der Waals surface area contributed by atoms with Crippen LogP contribution < -0.4 is 16.6 Å². The number of thiophene rings is 1. The second-order valence-electron chi connectivity index (χ2n) is 8.62. The first-order valence-electron chi connectivity index (χ1n) is 12.3. The van der Waals surface area contributed by atoms with E-state index in [9.17, 15) is 19.2 Å². The molecule has 8 nitrogen and oxygen atoms in total. The molecule has 2 heterocycles. The molecule has 37 heavy (non-hydrogen) atoms. The van der Waals surface area contributed by atoms with Gasteiger partial charge in [0.1, 0.15) is 11.4 Å². The van der Waals surface area contributed by atoms with Gasteiger partial charge < -0.3 is 10.2 Å². The fraction of sp³-hybridized carbons (Fsp3) is 0.286. The molecular weight excluding hydrogens is 488 g/mol. The molecule has 1 N–H and O–H groups in total.